The highest BCUT2D eigenvalue weighted by atomic mass is 16.3. The summed E-state index contributed by atoms with van der Waals surface area (Å²) in [5.74, 6) is 1.41. The molecule has 4 aromatic rings. The molecule has 0 aliphatic carbocycles. The molecule has 2 nitrogen and oxygen atoms in total. The third-order valence-electron chi connectivity index (χ3n) is 5.50. The van der Waals surface area contributed by atoms with Crippen molar-refractivity contribution in [3.8, 4) is 22.6 Å². The van der Waals surface area contributed by atoms with E-state index in [4.69, 9.17) is 9.40 Å². The van der Waals surface area contributed by atoms with Crippen LogP contribution in [0.15, 0.2) is 65.2 Å². The molecule has 0 radical (unpaired) electrons. The van der Waals surface area contributed by atoms with Gasteiger partial charge >= 0.3 is 0 Å². The van der Waals surface area contributed by atoms with Crippen molar-refractivity contribution in [1.82, 2.24) is 4.98 Å². The van der Waals surface area contributed by atoms with Crippen LogP contribution < -0.4 is 0 Å². The molecule has 2 aromatic carbocycles. The predicted octanol–water partition coefficient (Wildman–Crippen LogP) is 7.89. The molecular formula is C27H29NO. The molecule has 0 fully saturated rings. The monoisotopic (exact) mass is 383 g/mol. The van der Waals surface area contributed by atoms with Gasteiger partial charge in [-0.05, 0) is 47.6 Å². The number of nitrogens with zero attached hydrogens (tertiary/aromatic N) is 1. The summed E-state index contributed by atoms with van der Waals surface area (Å²) in [7, 11) is 0. The van der Waals surface area contributed by atoms with Crippen LogP contribution in [0, 0.1) is 6.92 Å². The van der Waals surface area contributed by atoms with Gasteiger partial charge < -0.3 is 4.42 Å². The van der Waals surface area contributed by atoms with Crippen LogP contribution in [0.3, 0.4) is 0 Å². The Morgan fingerprint density at radius 3 is 2.24 bits per heavy atom. The maximum absolute atomic E-state index is 6.20. The summed E-state index contributed by atoms with van der Waals surface area (Å²) >= 11 is 0. The first kappa shape index (κ1) is 19.4. The van der Waals surface area contributed by atoms with Crippen molar-refractivity contribution < 1.29 is 4.42 Å². The Labute approximate surface area is 173 Å². The Bertz CT molecular complexity index is 1160. The summed E-state index contributed by atoms with van der Waals surface area (Å²) in [6.45, 7) is 13.3. The van der Waals surface area contributed by atoms with E-state index in [1.807, 2.05) is 6.20 Å². The van der Waals surface area contributed by atoms with Crippen LogP contribution in [0.5, 0.6) is 0 Å². The van der Waals surface area contributed by atoms with Crippen LogP contribution in [0.4, 0.5) is 0 Å². The van der Waals surface area contributed by atoms with Gasteiger partial charge in [-0.3, -0.25) is 4.98 Å². The molecule has 2 heteroatoms. The average Bonchev–Trinajstić information content (AvgIpc) is 3.10. The van der Waals surface area contributed by atoms with Crippen molar-refractivity contribution in [2.75, 3.05) is 0 Å². The molecule has 0 saturated carbocycles. The molecule has 0 unspecified atom stereocenters. The molecule has 0 spiro atoms. The van der Waals surface area contributed by atoms with Gasteiger partial charge in [-0.1, -0.05) is 70.5 Å². The molecule has 0 saturated heterocycles. The molecule has 0 N–H and O–H groups in total. The van der Waals surface area contributed by atoms with Crippen molar-refractivity contribution in [2.45, 2.75) is 52.9 Å². The zero-order chi connectivity index (χ0) is 20.8. The number of rotatable bonds is 3. The minimum atomic E-state index is 0.102. The van der Waals surface area contributed by atoms with Crippen LogP contribution >= 0.6 is 0 Å². The number of hydrogen-bond donors (Lipinski definition) is 0. The van der Waals surface area contributed by atoms with Gasteiger partial charge in [-0.25, -0.2) is 0 Å². The van der Waals surface area contributed by atoms with Crippen LogP contribution in [0.25, 0.3) is 33.6 Å². The van der Waals surface area contributed by atoms with Crippen molar-refractivity contribution in [3.63, 3.8) is 0 Å². The first-order chi connectivity index (χ1) is 13.7. The van der Waals surface area contributed by atoms with Gasteiger partial charge in [0, 0.05) is 28.8 Å². The number of benzene rings is 2. The standard InChI is InChI=1S/C27H29NO/c1-17(2)19-7-9-20(10-8-19)25-14-22-16-28-24(15-26(22)29-25)21-11-18(3)12-23(13-21)27(4,5)6/h7-17H,1-6H3. The number of aryl methyl sites for hydroxylation is 1. The lowest BCUT2D eigenvalue weighted by Crippen LogP contribution is -2.11. The average molecular weight is 384 g/mol. The van der Waals surface area contributed by atoms with E-state index in [2.05, 4.69) is 96.1 Å². The summed E-state index contributed by atoms with van der Waals surface area (Å²) in [5.41, 5.74) is 8.06. The molecule has 29 heavy (non-hydrogen) atoms. The minimum absolute atomic E-state index is 0.102. The van der Waals surface area contributed by atoms with Crippen molar-refractivity contribution in [1.29, 1.82) is 0 Å². The number of pyridine rings is 1. The molecule has 0 atom stereocenters. The molecule has 2 heterocycles. The first-order valence-electron chi connectivity index (χ1n) is 10.3. The number of furan rings is 1. The van der Waals surface area contributed by atoms with E-state index < -0.39 is 0 Å². The highest BCUT2D eigenvalue weighted by molar-refractivity contribution is 5.85. The Hall–Kier alpha value is -2.87. The largest absolute Gasteiger partial charge is 0.456 e. The smallest absolute Gasteiger partial charge is 0.138 e. The van der Waals surface area contributed by atoms with Crippen LogP contribution in [-0.2, 0) is 5.41 Å². The van der Waals surface area contributed by atoms with Crippen LogP contribution in [0.1, 0.15) is 57.2 Å². The maximum Gasteiger partial charge on any atom is 0.138 e. The Morgan fingerprint density at radius 2 is 1.59 bits per heavy atom. The third kappa shape index (κ3) is 3.98. The highest BCUT2D eigenvalue weighted by Crippen LogP contribution is 2.32. The lowest BCUT2D eigenvalue weighted by atomic mass is 9.85. The van der Waals surface area contributed by atoms with Gasteiger partial charge in [0.2, 0.25) is 0 Å². The Morgan fingerprint density at radius 1 is 0.862 bits per heavy atom. The SMILES string of the molecule is Cc1cc(-c2cc3oc(-c4ccc(C(C)C)cc4)cc3cn2)cc(C(C)(C)C)c1. The minimum Gasteiger partial charge on any atom is -0.456 e. The molecule has 148 valence electrons. The fourth-order valence-electron chi connectivity index (χ4n) is 3.63. The summed E-state index contributed by atoms with van der Waals surface area (Å²) < 4.78 is 6.20. The second-order valence-electron chi connectivity index (χ2n) is 9.33. The molecule has 4 rings (SSSR count). The van der Waals surface area contributed by atoms with E-state index >= 15 is 0 Å². The van der Waals surface area contributed by atoms with Gasteiger partial charge in [0.1, 0.15) is 11.3 Å². The number of hydrogen-bond acceptors (Lipinski definition) is 2. The van der Waals surface area contributed by atoms with Gasteiger partial charge in [-0.15, -0.1) is 0 Å². The van der Waals surface area contributed by atoms with Crippen molar-refractivity contribution >= 4 is 11.0 Å². The highest BCUT2D eigenvalue weighted by Gasteiger charge is 2.16. The number of fused-ring (bicyclic) bond motifs is 1. The van der Waals surface area contributed by atoms with Gasteiger partial charge in [0.25, 0.3) is 0 Å². The molecule has 0 aliphatic heterocycles. The van der Waals surface area contributed by atoms with Gasteiger partial charge in [0.15, 0.2) is 0 Å². The predicted molar refractivity (Wildman–Crippen MR) is 122 cm³/mol. The van der Waals surface area contributed by atoms with E-state index in [0.717, 1.165) is 33.6 Å². The maximum atomic E-state index is 6.20. The van der Waals surface area contributed by atoms with Crippen molar-refractivity contribution in [2.24, 2.45) is 0 Å². The second-order valence-corrected chi connectivity index (χ2v) is 9.33. The Kier molecular flexibility index (Phi) is 4.82. The molecule has 0 aliphatic rings. The van der Waals surface area contributed by atoms with Crippen LogP contribution in [-0.4, -0.2) is 4.98 Å². The molecule has 0 amide bonds. The quantitative estimate of drug-likeness (QED) is 0.359. The zero-order valence-electron chi connectivity index (χ0n) is 18.2. The molecule has 2 aromatic heterocycles. The van der Waals surface area contributed by atoms with E-state index in [9.17, 15) is 0 Å². The van der Waals surface area contributed by atoms with Crippen LogP contribution in [0.2, 0.25) is 0 Å². The fraction of sp³-hybridized carbons (Fsp3) is 0.296. The topological polar surface area (TPSA) is 26.0 Å². The van der Waals surface area contributed by atoms with Crippen molar-refractivity contribution in [3.05, 3.63) is 77.5 Å². The number of aromatic nitrogens is 1. The Balaban J connectivity index is 1.73. The second kappa shape index (κ2) is 7.18. The summed E-state index contributed by atoms with van der Waals surface area (Å²) in [5, 5.41) is 1.03. The van der Waals surface area contributed by atoms with Gasteiger partial charge in [-0.2, -0.15) is 0 Å². The zero-order valence-corrected chi connectivity index (χ0v) is 18.2. The normalized spacial score (nSPS) is 12.1. The van der Waals surface area contributed by atoms with Gasteiger partial charge in [0.05, 0.1) is 5.69 Å². The first-order valence-corrected chi connectivity index (χ1v) is 10.3. The fourth-order valence-corrected chi connectivity index (χ4v) is 3.63. The van der Waals surface area contributed by atoms with E-state index in [1.165, 1.54) is 16.7 Å². The van der Waals surface area contributed by atoms with E-state index in [1.54, 1.807) is 0 Å². The van der Waals surface area contributed by atoms with E-state index in [-0.39, 0.29) is 5.41 Å². The molecular weight excluding hydrogens is 354 g/mol. The lowest BCUT2D eigenvalue weighted by Gasteiger charge is -2.20. The lowest BCUT2D eigenvalue weighted by molar-refractivity contribution is 0.590. The summed E-state index contributed by atoms with van der Waals surface area (Å²) in [4.78, 5) is 4.73. The molecule has 0 bridgehead atoms. The van der Waals surface area contributed by atoms with E-state index in [0.29, 0.717) is 5.92 Å². The third-order valence-corrected chi connectivity index (χ3v) is 5.50. The summed E-state index contributed by atoms with van der Waals surface area (Å²) in [6.07, 6.45) is 1.92. The summed E-state index contributed by atoms with van der Waals surface area (Å²) in [6, 6.07) is 19.5.